The smallest absolute Gasteiger partial charge is 0.228 e. The summed E-state index contributed by atoms with van der Waals surface area (Å²) in [6.45, 7) is 8.50. The van der Waals surface area contributed by atoms with E-state index in [4.69, 9.17) is 9.47 Å². The molecule has 0 atom stereocenters. The highest BCUT2D eigenvalue weighted by atomic mass is 16.5. The number of methoxy groups -OCH3 is 2. The summed E-state index contributed by atoms with van der Waals surface area (Å²) in [6, 6.07) is 5.37. The Bertz CT molecular complexity index is 521. The van der Waals surface area contributed by atoms with Gasteiger partial charge in [0.25, 0.3) is 0 Å². The third-order valence-corrected chi connectivity index (χ3v) is 4.95. The minimum Gasteiger partial charge on any atom is -0.497 e. The van der Waals surface area contributed by atoms with E-state index >= 15 is 0 Å². The maximum atomic E-state index is 12.5. The highest BCUT2D eigenvalue weighted by Gasteiger charge is 2.68. The zero-order valence-corrected chi connectivity index (χ0v) is 13.0. The van der Waals surface area contributed by atoms with Gasteiger partial charge in [0.1, 0.15) is 11.5 Å². The van der Waals surface area contributed by atoms with Crippen molar-refractivity contribution in [1.29, 1.82) is 0 Å². The van der Waals surface area contributed by atoms with Gasteiger partial charge in [-0.1, -0.05) is 27.7 Å². The third kappa shape index (κ3) is 2.13. The fraction of sp³-hybridized carbons (Fsp3) is 0.562. The normalized spacial score (nSPS) is 19.3. The van der Waals surface area contributed by atoms with Crippen LogP contribution >= 0.6 is 0 Å². The van der Waals surface area contributed by atoms with Crippen LogP contribution in [0.1, 0.15) is 27.7 Å². The van der Waals surface area contributed by atoms with Gasteiger partial charge in [-0.2, -0.15) is 0 Å². The molecule has 0 bridgehead atoms. The molecule has 1 aliphatic carbocycles. The van der Waals surface area contributed by atoms with E-state index in [1.165, 1.54) is 0 Å². The Hall–Kier alpha value is -1.71. The number of hydrogen-bond donors (Lipinski definition) is 1. The van der Waals surface area contributed by atoms with Crippen molar-refractivity contribution in [1.82, 2.24) is 0 Å². The number of benzene rings is 1. The van der Waals surface area contributed by atoms with Crippen LogP contribution in [0.3, 0.4) is 0 Å². The second kappa shape index (κ2) is 4.69. The molecule has 110 valence electrons. The fourth-order valence-corrected chi connectivity index (χ4v) is 2.97. The minimum atomic E-state index is 0.00547. The van der Waals surface area contributed by atoms with Crippen LogP contribution in [-0.4, -0.2) is 20.1 Å². The second-order valence-corrected chi connectivity index (χ2v) is 6.43. The lowest BCUT2D eigenvalue weighted by atomic mass is 10.0. The second-order valence-electron chi connectivity index (χ2n) is 6.43. The molecule has 1 aromatic carbocycles. The predicted octanol–water partition coefficient (Wildman–Crippen LogP) is 3.32. The average Bonchev–Trinajstić information content (AvgIpc) is 2.79. The van der Waals surface area contributed by atoms with E-state index < -0.39 is 0 Å². The SMILES string of the molecule is COc1ccc(OC)c(NC(=O)C2C(C)(C)C2(C)C)c1. The van der Waals surface area contributed by atoms with Crippen molar-refractivity contribution < 1.29 is 14.3 Å². The van der Waals surface area contributed by atoms with Crippen molar-refractivity contribution in [2.75, 3.05) is 19.5 Å². The number of carbonyl (C=O) groups is 1. The zero-order chi connectivity index (χ0) is 15.1. The van der Waals surface area contributed by atoms with Gasteiger partial charge in [0.05, 0.1) is 19.9 Å². The van der Waals surface area contributed by atoms with Crippen LogP contribution in [-0.2, 0) is 4.79 Å². The molecule has 1 N–H and O–H groups in total. The first-order chi connectivity index (χ1) is 9.25. The molecule has 20 heavy (non-hydrogen) atoms. The summed E-state index contributed by atoms with van der Waals surface area (Å²) in [5.74, 6) is 1.36. The molecule has 0 radical (unpaired) electrons. The van der Waals surface area contributed by atoms with Gasteiger partial charge in [-0.3, -0.25) is 4.79 Å². The standard InChI is InChI=1S/C16H23NO3/c1-15(2)13(16(15,3)4)14(18)17-11-9-10(19-5)7-8-12(11)20-6/h7-9,13H,1-6H3,(H,17,18). The van der Waals surface area contributed by atoms with Crippen LogP contribution in [0.4, 0.5) is 5.69 Å². The van der Waals surface area contributed by atoms with Crippen molar-refractivity contribution in [3.63, 3.8) is 0 Å². The molecule has 1 aliphatic rings. The van der Waals surface area contributed by atoms with Crippen molar-refractivity contribution >= 4 is 11.6 Å². The molecule has 0 spiro atoms. The Labute approximate surface area is 120 Å². The zero-order valence-electron chi connectivity index (χ0n) is 13.0. The average molecular weight is 277 g/mol. The number of ether oxygens (including phenoxy) is 2. The molecule has 1 amide bonds. The summed E-state index contributed by atoms with van der Waals surface area (Å²) in [5, 5.41) is 2.97. The largest absolute Gasteiger partial charge is 0.497 e. The summed E-state index contributed by atoms with van der Waals surface area (Å²) in [6.07, 6.45) is 0. The minimum absolute atomic E-state index is 0.00547. The number of carbonyl (C=O) groups excluding carboxylic acids is 1. The van der Waals surface area contributed by atoms with Crippen molar-refractivity contribution in [3.8, 4) is 11.5 Å². The lowest BCUT2D eigenvalue weighted by molar-refractivity contribution is -0.118. The fourth-order valence-electron chi connectivity index (χ4n) is 2.97. The molecular weight excluding hydrogens is 254 g/mol. The Balaban J connectivity index is 2.21. The summed E-state index contributed by atoms with van der Waals surface area (Å²) < 4.78 is 10.5. The molecule has 1 saturated carbocycles. The number of nitrogens with one attached hydrogen (secondary N) is 1. The Morgan fingerprint density at radius 1 is 1.10 bits per heavy atom. The van der Waals surface area contributed by atoms with Crippen molar-refractivity contribution in [3.05, 3.63) is 18.2 Å². The molecule has 1 aromatic rings. The van der Waals surface area contributed by atoms with E-state index in [0.717, 1.165) is 0 Å². The molecular formula is C16H23NO3. The third-order valence-electron chi connectivity index (χ3n) is 4.95. The molecule has 0 unspecified atom stereocenters. The molecule has 0 heterocycles. The van der Waals surface area contributed by atoms with Crippen LogP contribution in [0, 0.1) is 16.7 Å². The summed E-state index contributed by atoms with van der Waals surface area (Å²) in [7, 11) is 3.18. The molecule has 1 fully saturated rings. The molecule has 4 nitrogen and oxygen atoms in total. The van der Waals surface area contributed by atoms with E-state index in [2.05, 4.69) is 33.0 Å². The van der Waals surface area contributed by atoms with Gasteiger partial charge in [0.15, 0.2) is 0 Å². The highest BCUT2D eigenvalue weighted by Crippen LogP contribution is 2.68. The van der Waals surface area contributed by atoms with Crippen molar-refractivity contribution in [2.45, 2.75) is 27.7 Å². The number of anilines is 1. The van der Waals surface area contributed by atoms with Gasteiger partial charge >= 0.3 is 0 Å². The molecule has 0 saturated heterocycles. The maximum absolute atomic E-state index is 12.5. The monoisotopic (exact) mass is 277 g/mol. The van der Waals surface area contributed by atoms with E-state index in [1.807, 2.05) is 0 Å². The van der Waals surface area contributed by atoms with Crippen LogP contribution in [0.2, 0.25) is 0 Å². The lowest BCUT2D eigenvalue weighted by Crippen LogP contribution is -2.18. The number of amides is 1. The molecule has 4 heteroatoms. The van der Waals surface area contributed by atoms with Gasteiger partial charge in [-0.15, -0.1) is 0 Å². The molecule has 2 rings (SSSR count). The van der Waals surface area contributed by atoms with Gasteiger partial charge in [0, 0.05) is 12.0 Å². The van der Waals surface area contributed by atoms with Gasteiger partial charge in [-0.25, -0.2) is 0 Å². The molecule has 0 aromatic heterocycles. The molecule has 0 aliphatic heterocycles. The Kier molecular flexibility index (Phi) is 3.44. The van der Waals surface area contributed by atoms with Crippen LogP contribution in [0.15, 0.2) is 18.2 Å². The first-order valence-electron chi connectivity index (χ1n) is 6.78. The maximum Gasteiger partial charge on any atom is 0.228 e. The Morgan fingerprint density at radius 3 is 2.15 bits per heavy atom. The van der Waals surface area contributed by atoms with E-state index in [0.29, 0.717) is 17.2 Å². The highest BCUT2D eigenvalue weighted by molar-refractivity contribution is 5.97. The van der Waals surface area contributed by atoms with Gasteiger partial charge in [0.2, 0.25) is 5.91 Å². The van der Waals surface area contributed by atoms with Crippen molar-refractivity contribution in [2.24, 2.45) is 16.7 Å². The van der Waals surface area contributed by atoms with Crippen LogP contribution < -0.4 is 14.8 Å². The quantitative estimate of drug-likeness (QED) is 0.918. The topological polar surface area (TPSA) is 47.6 Å². The van der Waals surface area contributed by atoms with Crippen LogP contribution in [0.5, 0.6) is 11.5 Å². The van der Waals surface area contributed by atoms with E-state index in [9.17, 15) is 4.79 Å². The van der Waals surface area contributed by atoms with E-state index in [1.54, 1.807) is 32.4 Å². The number of hydrogen-bond acceptors (Lipinski definition) is 3. The predicted molar refractivity (Wildman–Crippen MR) is 79.2 cm³/mol. The number of rotatable bonds is 4. The van der Waals surface area contributed by atoms with Gasteiger partial charge < -0.3 is 14.8 Å². The Morgan fingerprint density at radius 2 is 1.70 bits per heavy atom. The first-order valence-corrected chi connectivity index (χ1v) is 6.78. The summed E-state index contributed by atoms with van der Waals surface area (Å²) in [5.41, 5.74) is 0.683. The summed E-state index contributed by atoms with van der Waals surface area (Å²) >= 11 is 0. The van der Waals surface area contributed by atoms with Crippen LogP contribution in [0.25, 0.3) is 0 Å². The van der Waals surface area contributed by atoms with Gasteiger partial charge in [-0.05, 0) is 23.0 Å². The lowest BCUT2D eigenvalue weighted by Gasteiger charge is -2.12. The summed E-state index contributed by atoms with van der Waals surface area (Å²) in [4.78, 5) is 12.5. The first kappa shape index (κ1) is 14.7. The van der Waals surface area contributed by atoms with E-state index in [-0.39, 0.29) is 22.7 Å².